The number of hydrogen-bond acceptors (Lipinski definition) is 15. The summed E-state index contributed by atoms with van der Waals surface area (Å²) in [5.74, 6) is -3.36. The van der Waals surface area contributed by atoms with Crippen molar-refractivity contribution in [3.8, 4) is 17.2 Å². The summed E-state index contributed by atoms with van der Waals surface area (Å²) >= 11 is 0. The number of benzene rings is 2. The normalized spacial score (nSPS) is 12.2. The van der Waals surface area contributed by atoms with E-state index >= 15 is 0 Å². The lowest BCUT2D eigenvalue weighted by atomic mass is 9.78. The first-order valence-electron chi connectivity index (χ1n) is 32.3. The van der Waals surface area contributed by atoms with Crippen molar-refractivity contribution < 1.29 is 71.2 Å². The molecule has 0 fully saturated rings. The van der Waals surface area contributed by atoms with E-state index in [1.165, 1.54) is 123 Å². The van der Waals surface area contributed by atoms with Crippen LogP contribution < -0.4 is 14.2 Å². The standard InChI is InChI=1S/C69H107O15P/c1-10-12-14-16-18-20-22-24-26-28-30-32-34-36-58(70)78-47-54(48-79-59(71)37-35-33-31-29-27-25-23-21-19-17-15-13-11-2)81-60(72)42-43-61(73)82-57-45-51(4)44-52(5)65(57)69(7,8)46-63(75)83-67-55(40-38-50(3)39-41-62(74)84-85)66(77-9)53(6)56-49-80-68(76)64(56)67/h38,44-45,54H,10-37,39-43,46-49,85H2,1-9H3/b50-38+. The van der Waals surface area contributed by atoms with Crippen LogP contribution in [0.25, 0.3) is 0 Å². The highest BCUT2D eigenvalue weighted by atomic mass is 31.0. The van der Waals surface area contributed by atoms with Gasteiger partial charge >= 0.3 is 41.8 Å². The van der Waals surface area contributed by atoms with Crippen molar-refractivity contribution in [3.63, 3.8) is 0 Å². The summed E-state index contributed by atoms with van der Waals surface area (Å²) in [6.45, 7) is 14.9. The number of allylic oxidation sites excluding steroid dienone is 2. The number of cyclic esters (lactones) is 1. The molecule has 1 heterocycles. The number of hydrogen-bond donors (Lipinski definition) is 0. The summed E-state index contributed by atoms with van der Waals surface area (Å²) in [6, 6.07) is 3.61. The smallest absolute Gasteiger partial charge is 0.342 e. The molecule has 2 aromatic rings. The van der Waals surface area contributed by atoms with Gasteiger partial charge < -0.3 is 37.7 Å². The molecule has 0 saturated heterocycles. The van der Waals surface area contributed by atoms with Gasteiger partial charge in [-0.25, -0.2) is 4.79 Å². The highest BCUT2D eigenvalue weighted by Crippen LogP contribution is 2.44. The van der Waals surface area contributed by atoms with Gasteiger partial charge in [0, 0.05) is 41.4 Å². The first-order valence-corrected chi connectivity index (χ1v) is 32.8. The number of unbranched alkanes of at least 4 members (excludes halogenated alkanes) is 24. The van der Waals surface area contributed by atoms with Gasteiger partial charge in [0.25, 0.3) is 0 Å². The Morgan fingerprint density at radius 1 is 0.588 bits per heavy atom. The minimum atomic E-state index is -1.08. The second-order valence-electron chi connectivity index (χ2n) is 24.1. The van der Waals surface area contributed by atoms with Gasteiger partial charge in [-0.15, -0.1) is 0 Å². The van der Waals surface area contributed by atoms with E-state index in [4.69, 9.17) is 37.7 Å². The first kappa shape index (κ1) is 74.0. The van der Waals surface area contributed by atoms with E-state index in [9.17, 15) is 33.6 Å². The summed E-state index contributed by atoms with van der Waals surface area (Å²) in [6.07, 6.45) is 31.9. The summed E-state index contributed by atoms with van der Waals surface area (Å²) in [4.78, 5) is 92.2. The average molecular weight is 1210 g/mol. The number of carbonyl (C=O) groups excluding carboxylic acids is 7. The molecular weight excluding hydrogens is 1100 g/mol. The van der Waals surface area contributed by atoms with Crippen LogP contribution in [0.1, 0.15) is 290 Å². The molecule has 0 radical (unpaired) electrons. The third-order valence-corrected chi connectivity index (χ3v) is 16.2. The zero-order valence-electron chi connectivity index (χ0n) is 53.7. The van der Waals surface area contributed by atoms with Crippen LogP contribution in [0.3, 0.4) is 0 Å². The second kappa shape index (κ2) is 42.5. The Bertz CT molecular complexity index is 2380. The van der Waals surface area contributed by atoms with Gasteiger partial charge in [-0.2, -0.15) is 0 Å². The molecule has 85 heavy (non-hydrogen) atoms. The largest absolute Gasteiger partial charge is 0.496 e. The fourth-order valence-electron chi connectivity index (χ4n) is 11.2. The number of fused-ring (bicyclic) bond motifs is 1. The molecule has 1 unspecified atom stereocenters. The molecule has 478 valence electrons. The molecule has 0 bridgehead atoms. The van der Waals surface area contributed by atoms with Crippen LogP contribution in [0, 0.1) is 20.8 Å². The lowest BCUT2D eigenvalue weighted by Crippen LogP contribution is -2.31. The van der Waals surface area contributed by atoms with Gasteiger partial charge in [-0.05, 0) is 76.1 Å². The van der Waals surface area contributed by atoms with Gasteiger partial charge in [0.1, 0.15) is 36.9 Å². The Morgan fingerprint density at radius 3 is 1.54 bits per heavy atom. The average Bonchev–Trinajstić information content (AvgIpc) is 1.98. The van der Waals surface area contributed by atoms with Crippen molar-refractivity contribution in [3.05, 3.63) is 62.7 Å². The monoisotopic (exact) mass is 1210 g/mol. The number of carbonyl (C=O) groups is 7. The van der Waals surface area contributed by atoms with E-state index in [2.05, 4.69) is 13.8 Å². The number of methoxy groups -OCH3 is 1. The number of ether oxygens (including phenoxy) is 7. The maximum absolute atomic E-state index is 14.2. The molecule has 0 amide bonds. The van der Waals surface area contributed by atoms with Crippen molar-refractivity contribution in [2.45, 2.75) is 292 Å². The van der Waals surface area contributed by atoms with Gasteiger partial charge in [-0.1, -0.05) is 200 Å². The topological polar surface area (TPSA) is 193 Å². The Balaban J connectivity index is 1.63. The summed E-state index contributed by atoms with van der Waals surface area (Å²) in [5, 5.41) is 0. The number of aryl methyl sites for hydroxylation is 2. The maximum Gasteiger partial charge on any atom is 0.342 e. The third-order valence-electron chi connectivity index (χ3n) is 15.9. The molecule has 0 saturated carbocycles. The molecule has 16 heteroatoms. The fourth-order valence-corrected chi connectivity index (χ4v) is 11.3. The molecule has 0 aliphatic carbocycles. The van der Waals surface area contributed by atoms with Gasteiger partial charge in [0.15, 0.2) is 11.9 Å². The zero-order valence-corrected chi connectivity index (χ0v) is 54.8. The lowest BCUT2D eigenvalue weighted by Gasteiger charge is -2.29. The Kier molecular flexibility index (Phi) is 37.0. The molecule has 1 aliphatic rings. The third kappa shape index (κ3) is 29.3. The zero-order chi connectivity index (χ0) is 62.4. The van der Waals surface area contributed by atoms with Gasteiger partial charge in [0.2, 0.25) is 0 Å². The summed E-state index contributed by atoms with van der Waals surface area (Å²) < 4.78 is 45.0. The predicted molar refractivity (Wildman–Crippen MR) is 336 cm³/mol. The van der Waals surface area contributed by atoms with E-state index in [0.29, 0.717) is 47.3 Å². The highest BCUT2D eigenvalue weighted by Gasteiger charge is 2.37. The van der Waals surface area contributed by atoms with Crippen LogP contribution in [-0.4, -0.2) is 68.2 Å². The molecule has 0 spiro atoms. The van der Waals surface area contributed by atoms with Crippen LogP contribution in [0.2, 0.25) is 0 Å². The van der Waals surface area contributed by atoms with Gasteiger partial charge in [-0.3, -0.25) is 28.8 Å². The van der Waals surface area contributed by atoms with E-state index < -0.39 is 47.3 Å². The number of esters is 6. The Morgan fingerprint density at radius 2 is 1.06 bits per heavy atom. The molecule has 3 rings (SSSR count). The van der Waals surface area contributed by atoms with Crippen LogP contribution >= 0.6 is 9.47 Å². The Hall–Kier alpha value is -5.30. The van der Waals surface area contributed by atoms with Crippen molar-refractivity contribution in [2.24, 2.45) is 0 Å². The second-order valence-corrected chi connectivity index (χ2v) is 24.3. The van der Waals surface area contributed by atoms with Crippen molar-refractivity contribution in [1.82, 2.24) is 0 Å². The van der Waals surface area contributed by atoms with Crippen LogP contribution in [0.5, 0.6) is 17.2 Å². The van der Waals surface area contributed by atoms with E-state index in [1.54, 1.807) is 6.07 Å². The van der Waals surface area contributed by atoms with E-state index in [1.807, 2.05) is 63.2 Å². The molecule has 0 aromatic heterocycles. The minimum absolute atomic E-state index is 0.0156. The van der Waals surface area contributed by atoms with E-state index in [-0.39, 0.29) is 87.8 Å². The van der Waals surface area contributed by atoms with E-state index in [0.717, 1.165) is 55.2 Å². The molecule has 15 nitrogen and oxygen atoms in total. The minimum Gasteiger partial charge on any atom is -0.496 e. The Labute approximate surface area is 512 Å². The molecule has 0 N–H and O–H groups in total. The molecule has 1 atom stereocenters. The lowest BCUT2D eigenvalue weighted by molar-refractivity contribution is -0.167. The quantitative estimate of drug-likeness (QED) is 0.0152. The highest BCUT2D eigenvalue weighted by molar-refractivity contribution is 7.10. The van der Waals surface area contributed by atoms with Crippen LogP contribution in [-0.2, 0) is 70.7 Å². The maximum atomic E-state index is 14.2. The first-order chi connectivity index (χ1) is 40.8. The van der Waals surface area contributed by atoms with Gasteiger partial charge in [0.05, 0.1) is 35.8 Å². The fraction of sp³-hybridized carbons (Fsp3) is 0.696. The number of rotatable bonds is 47. The molecule has 2 aromatic carbocycles. The van der Waals surface area contributed by atoms with Crippen LogP contribution in [0.4, 0.5) is 0 Å². The van der Waals surface area contributed by atoms with Crippen molar-refractivity contribution >= 4 is 51.3 Å². The predicted octanol–water partition coefficient (Wildman–Crippen LogP) is 16.8. The summed E-state index contributed by atoms with van der Waals surface area (Å²) in [5.41, 5.74) is 3.79. The SMILES string of the molecule is CCCCCCCCCCCCCCCC(=O)OCC(COC(=O)CCCCCCCCCCCCCCC)OC(=O)CCC(=O)Oc1cc(C)cc(C)c1C(C)(C)CC(=O)Oc1c(C/C=C(\C)CCC(=O)OP)c(OC)c(C)c2c1C(=O)OC2. The van der Waals surface area contributed by atoms with Crippen molar-refractivity contribution in [2.75, 3.05) is 20.3 Å². The van der Waals surface area contributed by atoms with Crippen LogP contribution in [0.15, 0.2) is 23.8 Å². The van der Waals surface area contributed by atoms with Crippen molar-refractivity contribution in [1.29, 1.82) is 0 Å². The molecular formula is C69H107O15P. The molecule has 1 aliphatic heterocycles. The summed E-state index contributed by atoms with van der Waals surface area (Å²) in [7, 11) is 3.45.